The number of aliphatic hydroxyl groups excluding tert-OH is 2. The lowest BCUT2D eigenvalue weighted by atomic mass is 9.87. The Hall–Kier alpha value is -3.27. The first-order chi connectivity index (χ1) is 18.4. The number of hydrogen-bond donors (Lipinski definition) is 3. The second-order valence-electron chi connectivity index (χ2n) is 9.95. The Kier molecular flexibility index (Phi) is 9.14. The van der Waals surface area contributed by atoms with Gasteiger partial charge in [0.05, 0.1) is 17.8 Å². The summed E-state index contributed by atoms with van der Waals surface area (Å²) in [6.07, 6.45) is 4.74. The summed E-state index contributed by atoms with van der Waals surface area (Å²) in [6, 6.07) is 5.08. The number of amides is 1. The van der Waals surface area contributed by atoms with Gasteiger partial charge in [0.15, 0.2) is 5.82 Å². The molecule has 1 aliphatic heterocycles. The van der Waals surface area contributed by atoms with E-state index in [4.69, 9.17) is 14.2 Å². The molecule has 4 rings (SSSR count). The summed E-state index contributed by atoms with van der Waals surface area (Å²) in [6.45, 7) is 2.02. The molecule has 1 saturated heterocycles. The van der Waals surface area contributed by atoms with Crippen molar-refractivity contribution in [3.8, 4) is 6.07 Å². The lowest BCUT2D eigenvalue weighted by molar-refractivity contribution is -0.152. The molecule has 3 N–H and O–H groups in total. The number of nitrogens with zero attached hydrogens (tertiary/aromatic N) is 4. The number of unbranched alkanes of at least 4 members (excludes halogenated alkanes) is 2. The topological polar surface area (TPSA) is 168 Å². The smallest absolute Gasteiger partial charge is 0.412 e. The van der Waals surface area contributed by atoms with E-state index in [-0.39, 0.29) is 24.7 Å². The number of esters is 1. The van der Waals surface area contributed by atoms with Crippen LogP contribution in [0.3, 0.4) is 0 Å². The maximum Gasteiger partial charge on any atom is 0.412 e. The van der Waals surface area contributed by atoms with Crippen molar-refractivity contribution in [3.63, 3.8) is 0 Å². The quantitative estimate of drug-likeness (QED) is 0.307. The van der Waals surface area contributed by atoms with E-state index in [0.717, 1.165) is 44.9 Å². The normalized spacial score (nSPS) is 25.7. The highest BCUT2D eigenvalue weighted by Crippen LogP contribution is 2.41. The van der Waals surface area contributed by atoms with Crippen LogP contribution in [0.15, 0.2) is 18.5 Å². The summed E-state index contributed by atoms with van der Waals surface area (Å²) in [4.78, 5) is 24.6. The van der Waals surface area contributed by atoms with Gasteiger partial charge in [-0.25, -0.2) is 4.79 Å². The molecular formula is C26H35N5O7. The second-order valence-corrected chi connectivity index (χ2v) is 9.95. The van der Waals surface area contributed by atoms with Crippen LogP contribution in [-0.2, 0) is 24.6 Å². The molecule has 2 fully saturated rings. The molecule has 0 aromatic carbocycles. The average Bonchev–Trinajstić information content (AvgIpc) is 3.46. The summed E-state index contributed by atoms with van der Waals surface area (Å²) in [7, 11) is 0. The Bertz CT molecular complexity index is 1160. The molecule has 38 heavy (non-hydrogen) atoms. The number of anilines is 1. The molecule has 0 bridgehead atoms. The molecule has 0 radical (unpaired) electrons. The van der Waals surface area contributed by atoms with E-state index in [9.17, 15) is 25.1 Å². The number of hydrogen-bond acceptors (Lipinski definition) is 10. The number of carbonyl (C=O) groups excluding carboxylic acids is 2. The summed E-state index contributed by atoms with van der Waals surface area (Å²) in [5.74, 6) is -0.00927. The van der Waals surface area contributed by atoms with Crippen LogP contribution in [-0.4, -0.2) is 68.4 Å². The molecule has 0 spiro atoms. The van der Waals surface area contributed by atoms with Crippen LogP contribution >= 0.6 is 0 Å². The number of ether oxygens (including phenoxy) is 3. The number of fused-ring (bicyclic) bond motifs is 1. The van der Waals surface area contributed by atoms with Gasteiger partial charge in [-0.15, -0.1) is 10.2 Å². The van der Waals surface area contributed by atoms with E-state index in [0.29, 0.717) is 17.9 Å². The van der Waals surface area contributed by atoms with Crippen LogP contribution in [0, 0.1) is 17.2 Å². The Morgan fingerprint density at radius 1 is 1.24 bits per heavy atom. The van der Waals surface area contributed by atoms with Gasteiger partial charge in [-0.1, -0.05) is 39.0 Å². The summed E-state index contributed by atoms with van der Waals surface area (Å²) in [5.41, 5.74) is -1.43. The number of rotatable bonds is 10. The van der Waals surface area contributed by atoms with Gasteiger partial charge in [-0.3, -0.25) is 14.5 Å². The Morgan fingerprint density at radius 2 is 2.03 bits per heavy atom. The van der Waals surface area contributed by atoms with Gasteiger partial charge in [0.25, 0.3) is 0 Å². The number of aliphatic hydroxyl groups is 2. The molecule has 3 heterocycles. The Balaban J connectivity index is 1.46. The summed E-state index contributed by atoms with van der Waals surface area (Å²) >= 11 is 0. The van der Waals surface area contributed by atoms with Gasteiger partial charge >= 0.3 is 12.1 Å². The highest BCUT2D eigenvalue weighted by Gasteiger charge is 2.57. The van der Waals surface area contributed by atoms with Crippen molar-refractivity contribution in [3.05, 3.63) is 24.2 Å². The average molecular weight is 530 g/mol. The molecule has 1 aliphatic carbocycles. The van der Waals surface area contributed by atoms with Crippen molar-refractivity contribution < 1.29 is 34.0 Å². The predicted octanol–water partition coefficient (Wildman–Crippen LogP) is 2.82. The summed E-state index contributed by atoms with van der Waals surface area (Å²) < 4.78 is 17.9. The second kappa shape index (κ2) is 12.5. The maximum absolute atomic E-state index is 12.4. The first-order valence-electron chi connectivity index (χ1n) is 13.3. The van der Waals surface area contributed by atoms with Gasteiger partial charge in [0.2, 0.25) is 5.60 Å². The van der Waals surface area contributed by atoms with Crippen molar-refractivity contribution in [1.29, 1.82) is 5.26 Å². The first-order valence-corrected chi connectivity index (χ1v) is 13.3. The molecule has 12 heteroatoms. The molecule has 4 atom stereocenters. The molecule has 12 nitrogen and oxygen atoms in total. The lowest BCUT2D eigenvalue weighted by Crippen LogP contribution is -2.40. The standard InChI is InChI=1S/C26H35N5O7/c1-2-3-7-12-36-25(35)29-24-18-10-11-20(31(18)16-28-30-24)26(15-27)23(34)22(33)19(38-26)14-37-21(32)13-17-8-5-4-6-9-17/h10-11,16-17,19,22-23,33-34H,2-9,12-14H2,1H3,(H,29,30,35)/t19-,22-,23-,26+/m1/s1. The molecule has 1 amide bonds. The minimum absolute atomic E-state index is 0.0913. The molecule has 1 saturated carbocycles. The minimum Gasteiger partial charge on any atom is -0.463 e. The third kappa shape index (κ3) is 5.90. The van der Waals surface area contributed by atoms with Crippen molar-refractivity contribution in [2.75, 3.05) is 18.5 Å². The van der Waals surface area contributed by atoms with E-state index >= 15 is 0 Å². The molecular weight excluding hydrogens is 494 g/mol. The molecule has 0 unspecified atom stereocenters. The molecule has 206 valence electrons. The fraction of sp³-hybridized carbons (Fsp3) is 0.654. The van der Waals surface area contributed by atoms with Crippen LogP contribution in [0.2, 0.25) is 0 Å². The van der Waals surface area contributed by atoms with E-state index in [1.165, 1.54) is 23.2 Å². The van der Waals surface area contributed by atoms with Crippen molar-refractivity contribution in [2.45, 2.75) is 88.6 Å². The first kappa shape index (κ1) is 27.8. The third-order valence-electron chi connectivity index (χ3n) is 7.28. The Morgan fingerprint density at radius 3 is 2.76 bits per heavy atom. The van der Waals surface area contributed by atoms with E-state index in [1.807, 2.05) is 13.0 Å². The predicted molar refractivity (Wildman–Crippen MR) is 134 cm³/mol. The number of carbonyl (C=O) groups is 2. The summed E-state index contributed by atoms with van der Waals surface area (Å²) in [5, 5.41) is 42.1. The number of aromatic nitrogens is 3. The fourth-order valence-corrected chi connectivity index (χ4v) is 5.17. The van der Waals surface area contributed by atoms with E-state index in [2.05, 4.69) is 15.5 Å². The van der Waals surface area contributed by atoms with E-state index < -0.39 is 36.0 Å². The van der Waals surface area contributed by atoms with Crippen molar-refractivity contribution in [1.82, 2.24) is 14.6 Å². The van der Waals surface area contributed by atoms with Gasteiger partial charge in [-0.05, 0) is 37.3 Å². The van der Waals surface area contributed by atoms with Crippen LogP contribution in [0.1, 0.15) is 70.4 Å². The van der Waals surface area contributed by atoms with Crippen LogP contribution in [0.5, 0.6) is 0 Å². The highest BCUT2D eigenvalue weighted by atomic mass is 16.6. The number of nitriles is 1. The molecule has 2 aliphatic rings. The molecule has 2 aromatic heterocycles. The van der Waals surface area contributed by atoms with Gasteiger partial charge in [0, 0.05) is 6.42 Å². The van der Waals surface area contributed by atoms with Crippen molar-refractivity contribution >= 4 is 23.4 Å². The Labute approximate surface area is 220 Å². The van der Waals surface area contributed by atoms with Crippen molar-refractivity contribution in [2.24, 2.45) is 5.92 Å². The molecule has 2 aromatic rings. The van der Waals surface area contributed by atoms with Gasteiger partial charge in [-0.2, -0.15) is 5.26 Å². The van der Waals surface area contributed by atoms with Gasteiger partial charge < -0.3 is 24.4 Å². The zero-order valence-corrected chi connectivity index (χ0v) is 21.5. The SMILES string of the molecule is CCCCCOC(=O)Nc1nncn2c([C@]3(C#N)O[C@H](COC(=O)CC4CCCCC4)[C@@H](O)[C@H]3O)ccc12. The number of nitrogens with one attached hydrogen (secondary N) is 1. The monoisotopic (exact) mass is 529 g/mol. The third-order valence-corrected chi connectivity index (χ3v) is 7.28. The zero-order chi connectivity index (χ0) is 27.1. The lowest BCUT2D eigenvalue weighted by Gasteiger charge is -2.24. The van der Waals surface area contributed by atoms with Gasteiger partial charge in [0.1, 0.15) is 37.3 Å². The largest absolute Gasteiger partial charge is 0.463 e. The van der Waals surface area contributed by atoms with Crippen LogP contribution < -0.4 is 5.32 Å². The minimum atomic E-state index is -1.98. The maximum atomic E-state index is 12.4. The fourth-order valence-electron chi connectivity index (χ4n) is 5.17. The van der Waals surface area contributed by atoms with Crippen LogP contribution in [0.4, 0.5) is 10.6 Å². The van der Waals surface area contributed by atoms with E-state index in [1.54, 1.807) is 6.07 Å². The van der Waals surface area contributed by atoms with Crippen LogP contribution in [0.25, 0.3) is 5.52 Å². The zero-order valence-electron chi connectivity index (χ0n) is 21.5. The highest BCUT2D eigenvalue weighted by molar-refractivity contribution is 5.88.